The molecule has 0 aromatic heterocycles. The number of nitrogens with zero attached hydrogens (tertiary/aromatic N) is 4. The van der Waals surface area contributed by atoms with E-state index in [0.29, 0.717) is 22.9 Å². The number of fused-ring (bicyclic) bond motifs is 2. The zero-order valence-corrected chi connectivity index (χ0v) is 20.5. The van der Waals surface area contributed by atoms with Gasteiger partial charge in [0.15, 0.2) is 0 Å². The summed E-state index contributed by atoms with van der Waals surface area (Å²) in [6.45, 7) is 0.835. The number of rotatable bonds is 7. The van der Waals surface area contributed by atoms with Crippen molar-refractivity contribution >= 4 is 35.0 Å². The molecule has 2 aliphatic heterocycles. The Morgan fingerprint density at radius 2 is 1.11 bits per heavy atom. The number of carbonyl (C=O) groups is 4. The van der Waals surface area contributed by atoms with Crippen LogP contribution >= 0.6 is 0 Å². The highest BCUT2D eigenvalue weighted by atomic mass is 16.5. The third kappa shape index (κ3) is 5.59. The standard InChI is InChI=1S/C26H30N4O6/c1-27(25(33)17-29-19-7-3-5-9-21(19)35-15-11-23(29)31)13-14-28(2)26(34)18-30-20-8-4-6-10-22(20)36-16-12-24(30)32/h3-10H,11-18H2,1-2H3. The minimum Gasteiger partial charge on any atom is -0.491 e. The van der Waals surface area contributed by atoms with Crippen LogP contribution in [0.2, 0.25) is 0 Å². The molecule has 0 unspecified atom stereocenters. The minimum absolute atomic E-state index is 0.119. The summed E-state index contributed by atoms with van der Waals surface area (Å²) in [7, 11) is 3.27. The lowest BCUT2D eigenvalue weighted by Gasteiger charge is -2.28. The third-order valence-electron chi connectivity index (χ3n) is 6.27. The van der Waals surface area contributed by atoms with Gasteiger partial charge in [0, 0.05) is 27.2 Å². The van der Waals surface area contributed by atoms with E-state index in [1.165, 1.54) is 19.6 Å². The molecule has 2 aliphatic rings. The molecule has 190 valence electrons. The molecule has 36 heavy (non-hydrogen) atoms. The van der Waals surface area contributed by atoms with Crippen LogP contribution in [0.5, 0.6) is 11.5 Å². The van der Waals surface area contributed by atoms with Crippen molar-refractivity contribution in [2.75, 3.05) is 63.3 Å². The molecule has 2 heterocycles. The molecule has 0 saturated heterocycles. The lowest BCUT2D eigenvalue weighted by Crippen LogP contribution is -2.46. The summed E-state index contributed by atoms with van der Waals surface area (Å²) >= 11 is 0. The van der Waals surface area contributed by atoms with E-state index < -0.39 is 0 Å². The van der Waals surface area contributed by atoms with Crippen LogP contribution in [0.3, 0.4) is 0 Å². The highest BCUT2D eigenvalue weighted by molar-refractivity contribution is 6.01. The molecular weight excluding hydrogens is 464 g/mol. The summed E-state index contributed by atoms with van der Waals surface area (Å²) in [5, 5.41) is 0. The fraction of sp³-hybridized carbons (Fsp3) is 0.385. The number of hydrogen-bond donors (Lipinski definition) is 0. The molecule has 0 spiro atoms. The Bertz CT molecular complexity index is 1060. The van der Waals surface area contributed by atoms with Gasteiger partial charge in [-0.1, -0.05) is 24.3 Å². The largest absolute Gasteiger partial charge is 0.491 e. The second kappa shape index (κ2) is 11.1. The Morgan fingerprint density at radius 3 is 1.53 bits per heavy atom. The predicted molar refractivity (Wildman–Crippen MR) is 133 cm³/mol. The van der Waals surface area contributed by atoms with Crippen LogP contribution in [0.4, 0.5) is 11.4 Å². The average molecular weight is 495 g/mol. The fourth-order valence-electron chi connectivity index (χ4n) is 4.05. The Morgan fingerprint density at radius 1 is 0.722 bits per heavy atom. The van der Waals surface area contributed by atoms with E-state index in [1.807, 2.05) is 12.1 Å². The van der Waals surface area contributed by atoms with E-state index in [2.05, 4.69) is 0 Å². The van der Waals surface area contributed by atoms with Gasteiger partial charge >= 0.3 is 0 Å². The van der Waals surface area contributed by atoms with Crippen LogP contribution in [0.15, 0.2) is 48.5 Å². The van der Waals surface area contributed by atoms with Gasteiger partial charge in [-0.15, -0.1) is 0 Å². The summed E-state index contributed by atoms with van der Waals surface area (Å²) in [4.78, 5) is 56.9. The maximum absolute atomic E-state index is 12.9. The van der Waals surface area contributed by atoms with Gasteiger partial charge < -0.3 is 19.3 Å². The number of benzene rings is 2. The third-order valence-corrected chi connectivity index (χ3v) is 6.27. The SMILES string of the molecule is CN(CCN(C)C(=O)CN1C(=O)CCOc2ccccc21)C(=O)CN1C(=O)CCOc2ccccc21. The number of anilines is 2. The van der Waals surface area contributed by atoms with Crippen LogP contribution in [-0.2, 0) is 19.2 Å². The van der Waals surface area contributed by atoms with Gasteiger partial charge in [-0.3, -0.25) is 29.0 Å². The molecular formula is C26H30N4O6. The van der Waals surface area contributed by atoms with Crippen molar-refractivity contribution in [3.63, 3.8) is 0 Å². The van der Waals surface area contributed by atoms with Crippen molar-refractivity contribution in [3.8, 4) is 11.5 Å². The Labute approximate surface area is 209 Å². The molecule has 0 radical (unpaired) electrons. The molecule has 0 bridgehead atoms. The number of hydrogen-bond acceptors (Lipinski definition) is 6. The number of ether oxygens (including phenoxy) is 2. The predicted octanol–water partition coefficient (Wildman–Crippen LogP) is 1.53. The van der Waals surface area contributed by atoms with E-state index >= 15 is 0 Å². The number of likely N-dealkylation sites (N-methyl/N-ethyl adjacent to an activating group) is 2. The molecule has 0 atom stereocenters. The zero-order chi connectivity index (χ0) is 25.7. The van der Waals surface area contributed by atoms with E-state index in [-0.39, 0.29) is 75.9 Å². The van der Waals surface area contributed by atoms with Gasteiger partial charge in [0.25, 0.3) is 0 Å². The number of para-hydroxylation sites is 4. The molecule has 0 saturated carbocycles. The molecule has 0 N–H and O–H groups in total. The van der Waals surface area contributed by atoms with Crippen LogP contribution in [0, 0.1) is 0 Å². The molecule has 4 amide bonds. The first-order valence-electron chi connectivity index (χ1n) is 11.9. The second-order valence-corrected chi connectivity index (χ2v) is 8.72. The van der Waals surface area contributed by atoms with Crippen LogP contribution in [-0.4, -0.2) is 86.9 Å². The van der Waals surface area contributed by atoms with Crippen LogP contribution in [0.25, 0.3) is 0 Å². The van der Waals surface area contributed by atoms with Crippen molar-refractivity contribution < 1.29 is 28.7 Å². The number of amides is 4. The van der Waals surface area contributed by atoms with E-state index in [0.717, 1.165) is 0 Å². The van der Waals surface area contributed by atoms with Gasteiger partial charge in [0.1, 0.15) is 24.6 Å². The monoisotopic (exact) mass is 494 g/mol. The Balaban J connectivity index is 1.33. The quantitative estimate of drug-likeness (QED) is 0.579. The zero-order valence-electron chi connectivity index (χ0n) is 20.5. The summed E-state index contributed by atoms with van der Waals surface area (Å²) < 4.78 is 11.3. The van der Waals surface area contributed by atoms with Crippen molar-refractivity contribution in [2.45, 2.75) is 12.8 Å². The molecule has 2 aromatic carbocycles. The molecule has 0 aliphatic carbocycles. The minimum atomic E-state index is -0.255. The normalized spacial score (nSPS) is 15.1. The highest BCUT2D eigenvalue weighted by Gasteiger charge is 2.28. The first-order valence-corrected chi connectivity index (χ1v) is 11.9. The van der Waals surface area contributed by atoms with Crippen molar-refractivity contribution in [1.29, 1.82) is 0 Å². The summed E-state index contributed by atoms with van der Waals surface area (Å²) in [6.07, 6.45) is 0.374. The Hall–Kier alpha value is -4.08. The first-order chi connectivity index (χ1) is 17.3. The summed E-state index contributed by atoms with van der Waals surface area (Å²) in [5.74, 6) is 0.267. The van der Waals surface area contributed by atoms with Gasteiger partial charge in [-0.2, -0.15) is 0 Å². The van der Waals surface area contributed by atoms with Crippen LogP contribution in [0.1, 0.15) is 12.8 Å². The van der Waals surface area contributed by atoms with Crippen molar-refractivity contribution in [2.24, 2.45) is 0 Å². The molecule has 0 fully saturated rings. The molecule has 10 heteroatoms. The molecule has 2 aromatic rings. The van der Waals surface area contributed by atoms with E-state index in [9.17, 15) is 19.2 Å². The van der Waals surface area contributed by atoms with Crippen LogP contribution < -0.4 is 19.3 Å². The summed E-state index contributed by atoms with van der Waals surface area (Å²) in [5.41, 5.74) is 1.14. The van der Waals surface area contributed by atoms with Gasteiger partial charge in [-0.05, 0) is 24.3 Å². The van der Waals surface area contributed by atoms with Gasteiger partial charge in [0.2, 0.25) is 23.6 Å². The van der Waals surface area contributed by atoms with E-state index in [1.54, 1.807) is 50.5 Å². The maximum Gasteiger partial charge on any atom is 0.242 e. The van der Waals surface area contributed by atoms with Gasteiger partial charge in [-0.25, -0.2) is 0 Å². The highest BCUT2D eigenvalue weighted by Crippen LogP contribution is 2.32. The maximum atomic E-state index is 12.9. The molecule has 4 rings (SSSR count). The topological polar surface area (TPSA) is 99.7 Å². The summed E-state index contributed by atoms with van der Waals surface area (Å²) in [6, 6.07) is 14.3. The fourth-order valence-corrected chi connectivity index (χ4v) is 4.05. The van der Waals surface area contributed by atoms with Crippen molar-refractivity contribution in [1.82, 2.24) is 9.80 Å². The van der Waals surface area contributed by atoms with Gasteiger partial charge in [0.05, 0.1) is 37.4 Å². The van der Waals surface area contributed by atoms with Crippen molar-refractivity contribution in [3.05, 3.63) is 48.5 Å². The lowest BCUT2D eigenvalue weighted by molar-refractivity contribution is -0.133. The Kier molecular flexibility index (Phi) is 7.72. The average Bonchev–Trinajstić information content (AvgIpc) is 3.13. The molecule has 10 nitrogen and oxygen atoms in total. The second-order valence-electron chi connectivity index (χ2n) is 8.72. The number of carbonyl (C=O) groups excluding carboxylic acids is 4. The lowest BCUT2D eigenvalue weighted by atomic mass is 10.2. The smallest absolute Gasteiger partial charge is 0.242 e. The first kappa shape index (κ1) is 25.0. The van der Waals surface area contributed by atoms with E-state index in [4.69, 9.17) is 9.47 Å².